The SMILES string of the molecule is CN=C(NCC(C)(C)c1ccccc1Cl)NC1CC2CCC1O2. The summed E-state index contributed by atoms with van der Waals surface area (Å²) in [6.07, 6.45) is 4.23. The van der Waals surface area contributed by atoms with Crippen molar-refractivity contribution < 1.29 is 4.74 Å². The average Bonchev–Trinajstić information content (AvgIpc) is 3.14. The summed E-state index contributed by atoms with van der Waals surface area (Å²) >= 11 is 6.35. The molecule has 0 amide bonds. The Kier molecular flexibility index (Phi) is 4.83. The van der Waals surface area contributed by atoms with Gasteiger partial charge in [-0.3, -0.25) is 4.99 Å². The summed E-state index contributed by atoms with van der Waals surface area (Å²) in [6, 6.07) is 8.40. The molecule has 2 aliphatic rings. The number of rotatable bonds is 4. The van der Waals surface area contributed by atoms with Gasteiger partial charge in [-0.1, -0.05) is 43.6 Å². The fourth-order valence-corrected chi connectivity index (χ4v) is 3.96. The Morgan fingerprint density at radius 2 is 2.13 bits per heavy atom. The maximum absolute atomic E-state index is 6.35. The lowest BCUT2D eigenvalue weighted by Crippen LogP contribution is -2.49. The zero-order chi connectivity index (χ0) is 16.4. The highest BCUT2D eigenvalue weighted by Gasteiger charge is 2.41. The monoisotopic (exact) mass is 335 g/mol. The molecule has 2 fully saturated rings. The van der Waals surface area contributed by atoms with Crippen LogP contribution < -0.4 is 10.6 Å². The predicted molar refractivity (Wildman–Crippen MR) is 95.3 cm³/mol. The lowest BCUT2D eigenvalue weighted by Gasteiger charge is -2.29. The molecule has 2 saturated heterocycles. The molecule has 4 nitrogen and oxygen atoms in total. The Labute approximate surface area is 143 Å². The molecule has 2 bridgehead atoms. The van der Waals surface area contributed by atoms with Gasteiger partial charge >= 0.3 is 0 Å². The van der Waals surface area contributed by atoms with Crippen LogP contribution in [0.15, 0.2) is 29.3 Å². The first-order chi connectivity index (χ1) is 11.0. The Balaban J connectivity index is 1.58. The number of guanidine groups is 1. The number of fused-ring (bicyclic) bond motifs is 2. The van der Waals surface area contributed by atoms with Crippen molar-refractivity contribution in [1.29, 1.82) is 0 Å². The third-order valence-electron chi connectivity index (χ3n) is 4.95. The van der Waals surface area contributed by atoms with E-state index in [1.54, 1.807) is 0 Å². The number of nitrogens with one attached hydrogen (secondary N) is 2. The number of hydrogen-bond donors (Lipinski definition) is 2. The van der Waals surface area contributed by atoms with Gasteiger partial charge in [0.15, 0.2) is 5.96 Å². The smallest absolute Gasteiger partial charge is 0.191 e. The molecule has 0 aromatic heterocycles. The van der Waals surface area contributed by atoms with Crippen molar-refractivity contribution in [2.24, 2.45) is 4.99 Å². The quantitative estimate of drug-likeness (QED) is 0.656. The van der Waals surface area contributed by atoms with E-state index in [0.717, 1.165) is 35.9 Å². The number of halogens is 1. The van der Waals surface area contributed by atoms with Gasteiger partial charge in [-0.15, -0.1) is 0 Å². The number of benzene rings is 1. The zero-order valence-corrected chi connectivity index (χ0v) is 14.9. The van der Waals surface area contributed by atoms with Crippen LogP contribution in [-0.4, -0.2) is 37.8 Å². The maximum atomic E-state index is 6.35. The van der Waals surface area contributed by atoms with Gasteiger partial charge in [0.05, 0.1) is 18.2 Å². The van der Waals surface area contributed by atoms with Crippen molar-refractivity contribution in [2.45, 2.75) is 56.8 Å². The van der Waals surface area contributed by atoms with Gasteiger partial charge in [-0.2, -0.15) is 0 Å². The van der Waals surface area contributed by atoms with Gasteiger partial charge in [0.1, 0.15) is 0 Å². The molecule has 0 radical (unpaired) electrons. The van der Waals surface area contributed by atoms with Crippen LogP contribution >= 0.6 is 11.6 Å². The summed E-state index contributed by atoms with van der Waals surface area (Å²) in [4.78, 5) is 4.36. The molecule has 3 rings (SSSR count). The molecule has 2 aliphatic heterocycles. The van der Waals surface area contributed by atoms with Gasteiger partial charge in [0.2, 0.25) is 0 Å². The second-order valence-corrected chi connectivity index (χ2v) is 7.56. The Morgan fingerprint density at radius 1 is 1.35 bits per heavy atom. The van der Waals surface area contributed by atoms with E-state index in [0.29, 0.717) is 18.2 Å². The summed E-state index contributed by atoms with van der Waals surface area (Å²) in [5.74, 6) is 0.839. The molecule has 2 N–H and O–H groups in total. The molecule has 1 aromatic rings. The first-order valence-corrected chi connectivity index (χ1v) is 8.75. The number of nitrogens with zero attached hydrogens (tertiary/aromatic N) is 1. The molecule has 3 atom stereocenters. The fraction of sp³-hybridized carbons (Fsp3) is 0.611. The van der Waals surface area contributed by atoms with E-state index in [9.17, 15) is 0 Å². The standard InChI is InChI=1S/C18H26ClN3O/c1-18(2,13-6-4-5-7-14(13)19)11-21-17(20-3)22-15-10-12-8-9-16(15)23-12/h4-7,12,15-16H,8-11H2,1-3H3,(H2,20,21,22). The summed E-state index contributed by atoms with van der Waals surface area (Å²) in [5.41, 5.74) is 1.06. The average molecular weight is 336 g/mol. The topological polar surface area (TPSA) is 45.7 Å². The molecular weight excluding hydrogens is 310 g/mol. The Morgan fingerprint density at radius 3 is 2.74 bits per heavy atom. The molecule has 5 heteroatoms. The highest BCUT2D eigenvalue weighted by molar-refractivity contribution is 6.31. The van der Waals surface area contributed by atoms with Gasteiger partial charge in [0.25, 0.3) is 0 Å². The minimum atomic E-state index is -0.0822. The minimum absolute atomic E-state index is 0.0822. The molecule has 23 heavy (non-hydrogen) atoms. The van der Waals surface area contributed by atoms with E-state index in [1.807, 2.05) is 25.2 Å². The van der Waals surface area contributed by atoms with Gasteiger partial charge < -0.3 is 15.4 Å². The molecule has 0 aliphatic carbocycles. The zero-order valence-electron chi connectivity index (χ0n) is 14.1. The fourth-order valence-electron chi connectivity index (χ4n) is 3.57. The van der Waals surface area contributed by atoms with Crippen LogP contribution in [0.2, 0.25) is 5.02 Å². The second kappa shape index (κ2) is 6.70. The van der Waals surface area contributed by atoms with E-state index in [4.69, 9.17) is 16.3 Å². The largest absolute Gasteiger partial charge is 0.373 e. The molecule has 0 spiro atoms. The third kappa shape index (κ3) is 3.64. The summed E-state index contributed by atoms with van der Waals surface area (Å²) in [5, 5.41) is 7.77. The van der Waals surface area contributed by atoms with Gasteiger partial charge in [-0.25, -0.2) is 0 Å². The number of ether oxygens (including phenoxy) is 1. The molecule has 1 aromatic carbocycles. The highest BCUT2D eigenvalue weighted by atomic mass is 35.5. The van der Waals surface area contributed by atoms with Crippen LogP contribution in [0.4, 0.5) is 0 Å². The van der Waals surface area contributed by atoms with Crippen LogP contribution in [-0.2, 0) is 10.2 Å². The van der Waals surface area contributed by atoms with Crippen LogP contribution in [0.3, 0.4) is 0 Å². The highest BCUT2D eigenvalue weighted by Crippen LogP contribution is 2.34. The molecule has 126 valence electrons. The van der Waals surface area contributed by atoms with Gasteiger partial charge in [0, 0.05) is 24.0 Å². The van der Waals surface area contributed by atoms with E-state index in [1.165, 1.54) is 6.42 Å². The first-order valence-electron chi connectivity index (χ1n) is 8.37. The molecule has 2 heterocycles. The summed E-state index contributed by atoms with van der Waals surface area (Å²) in [6.45, 7) is 5.14. The van der Waals surface area contributed by atoms with Crippen molar-refractivity contribution in [3.05, 3.63) is 34.9 Å². The van der Waals surface area contributed by atoms with Crippen LogP contribution in [0.1, 0.15) is 38.7 Å². The lowest BCUT2D eigenvalue weighted by molar-refractivity contribution is 0.0992. The van der Waals surface area contributed by atoms with E-state index in [-0.39, 0.29) is 5.41 Å². The summed E-state index contributed by atoms with van der Waals surface area (Å²) < 4.78 is 5.90. The maximum Gasteiger partial charge on any atom is 0.191 e. The van der Waals surface area contributed by atoms with E-state index in [2.05, 4.69) is 35.5 Å². The van der Waals surface area contributed by atoms with Crippen molar-refractivity contribution >= 4 is 17.6 Å². The van der Waals surface area contributed by atoms with Crippen molar-refractivity contribution in [2.75, 3.05) is 13.6 Å². The lowest BCUT2D eigenvalue weighted by atomic mass is 9.84. The Hall–Kier alpha value is -1.26. The molecule has 3 unspecified atom stereocenters. The van der Waals surface area contributed by atoms with Crippen molar-refractivity contribution in [3.63, 3.8) is 0 Å². The molecular formula is C18H26ClN3O. The number of hydrogen-bond acceptors (Lipinski definition) is 2. The van der Waals surface area contributed by atoms with E-state index < -0.39 is 0 Å². The van der Waals surface area contributed by atoms with Crippen molar-refractivity contribution in [3.8, 4) is 0 Å². The van der Waals surface area contributed by atoms with Crippen LogP contribution in [0, 0.1) is 0 Å². The normalized spacial score (nSPS) is 27.3. The third-order valence-corrected chi connectivity index (χ3v) is 5.28. The van der Waals surface area contributed by atoms with E-state index >= 15 is 0 Å². The summed E-state index contributed by atoms with van der Waals surface area (Å²) in [7, 11) is 1.81. The second-order valence-electron chi connectivity index (χ2n) is 7.15. The predicted octanol–water partition coefficient (Wildman–Crippen LogP) is 3.10. The van der Waals surface area contributed by atoms with Gasteiger partial charge in [-0.05, 0) is 30.9 Å². The minimum Gasteiger partial charge on any atom is -0.373 e. The van der Waals surface area contributed by atoms with Crippen LogP contribution in [0.25, 0.3) is 0 Å². The van der Waals surface area contributed by atoms with Crippen LogP contribution in [0.5, 0.6) is 0 Å². The first kappa shape index (κ1) is 16.6. The number of aliphatic imine (C=N–C) groups is 1. The van der Waals surface area contributed by atoms with Crippen molar-refractivity contribution in [1.82, 2.24) is 10.6 Å². The Bertz CT molecular complexity index is 587. The molecule has 0 saturated carbocycles.